The van der Waals surface area contributed by atoms with Gasteiger partial charge in [-0.2, -0.15) is 0 Å². The minimum Gasteiger partial charge on any atom is -0.370 e. The van der Waals surface area contributed by atoms with Crippen molar-refractivity contribution in [3.63, 3.8) is 0 Å². The third-order valence-electron chi connectivity index (χ3n) is 2.29. The van der Waals surface area contributed by atoms with Crippen LogP contribution in [0, 0.1) is 0 Å². The number of nitrogens with one attached hydrogen (secondary N) is 1. The molecule has 0 saturated heterocycles. The average molecular weight is 200 g/mol. The van der Waals surface area contributed by atoms with Crippen LogP contribution in [-0.4, -0.2) is 18.5 Å². The summed E-state index contributed by atoms with van der Waals surface area (Å²) in [5, 5.41) is 3.36. The van der Waals surface area contributed by atoms with Crippen LogP contribution in [0.2, 0.25) is 0 Å². The highest BCUT2D eigenvalue weighted by Gasteiger charge is 2.09. The summed E-state index contributed by atoms with van der Waals surface area (Å²) >= 11 is 0. The predicted molar refractivity (Wildman–Crippen MR) is 60.0 cm³/mol. The van der Waals surface area contributed by atoms with E-state index in [4.69, 9.17) is 5.73 Å². The third kappa shape index (κ3) is 8.05. The van der Waals surface area contributed by atoms with Gasteiger partial charge in [0, 0.05) is 12.5 Å². The maximum atomic E-state index is 10.8. The van der Waals surface area contributed by atoms with E-state index < -0.39 is 0 Å². The Morgan fingerprint density at radius 1 is 1.29 bits per heavy atom. The lowest BCUT2D eigenvalue weighted by atomic mass is 10.1. The van der Waals surface area contributed by atoms with Gasteiger partial charge in [-0.15, -0.1) is 0 Å². The highest BCUT2D eigenvalue weighted by Crippen LogP contribution is 2.06. The second kappa shape index (κ2) is 9.00. The predicted octanol–water partition coefficient (Wildman–Crippen LogP) is 1.81. The molecular weight excluding hydrogens is 176 g/mol. The van der Waals surface area contributed by atoms with Gasteiger partial charge >= 0.3 is 0 Å². The number of carbonyl (C=O) groups excluding carboxylic acids is 1. The first-order valence-electron chi connectivity index (χ1n) is 5.72. The van der Waals surface area contributed by atoms with E-state index in [1.807, 2.05) is 0 Å². The molecule has 0 aliphatic rings. The van der Waals surface area contributed by atoms with Crippen molar-refractivity contribution in [1.29, 1.82) is 0 Å². The molecule has 3 nitrogen and oxygen atoms in total. The number of rotatable bonds is 9. The van der Waals surface area contributed by atoms with Gasteiger partial charge in [-0.05, 0) is 19.4 Å². The van der Waals surface area contributed by atoms with E-state index in [1.54, 1.807) is 0 Å². The lowest BCUT2D eigenvalue weighted by molar-refractivity contribution is -0.118. The fraction of sp³-hybridized carbons (Fsp3) is 0.909. The summed E-state index contributed by atoms with van der Waals surface area (Å²) in [5.41, 5.74) is 5.19. The van der Waals surface area contributed by atoms with Crippen LogP contribution in [0.5, 0.6) is 0 Å². The highest BCUT2D eigenvalue weighted by molar-refractivity contribution is 5.74. The van der Waals surface area contributed by atoms with Crippen molar-refractivity contribution in [2.45, 2.75) is 58.4 Å². The van der Waals surface area contributed by atoms with Gasteiger partial charge in [0.25, 0.3) is 0 Å². The molecule has 0 aromatic rings. The molecule has 0 aliphatic carbocycles. The van der Waals surface area contributed by atoms with Gasteiger partial charge in [0.2, 0.25) is 5.91 Å². The maximum absolute atomic E-state index is 10.8. The Labute approximate surface area is 87.4 Å². The van der Waals surface area contributed by atoms with Crippen molar-refractivity contribution in [2.24, 2.45) is 5.73 Å². The molecule has 3 heteroatoms. The standard InChI is InChI=1S/C11H24N2O/c1-3-5-6-7-10(9-11(12)14)13-8-4-2/h10,13H,3-9H2,1-2H3,(H2,12,14). The number of primary amides is 1. The van der Waals surface area contributed by atoms with Gasteiger partial charge in [-0.25, -0.2) is 0 Å². The SMILES string of the molecule is CCCCCC(CC(N)=O)NCCC. The normalized spacial score (nSPS) is 12.7. The van der Waals surface area contributed by atoms with Crippen molar-refractivity contribution in [3.05, 3.63) is 0 Å². The first kappa shape index (κ1) is 13.4. The summed E-state index contributed by atoms with van der Waals surface area (Å²) in [5.74, 6) is -0.199. The molecule has 1 amide bonds. The number of nitrogens with two attached hydrogens (primary N) is 1. The van der Waals surface area contributed by atoms with Gasteiger partial charge in [0.1, 0.15) is 0 Å². The Balaban J connectivity index is 3.66. The fourth-order valence-electron chi connectivity index (χ4n) is 1.51. The first-order valence-corrected chi connectivity index (χ1v) is 5.72. The number of carbonyl (C=O) groups is 1. The van der Waals surface area contributed by atoms with Gasteiger partial charge < -0.3 is 11.1 Å². The molecule has 0 saturated carbocycles. The van der Waals surface area contributed by atoms with Crippen molar-refractivity contribution < 1.29 is 4.79 Å². The van der Waals surface area contributed by atoms with Crippen LogP contribution < -0.4 is 11.1 Å². The van der Waals surface area contributed by atoms with E-state index in [2.05, 4.69) is 19.2 Å². The van der Waals surface area contributed by atoms with E-state index in [9.17, 15) is 4.79 Å². The van der Waals surface area contributed by atoms with E-state index >= 15 is 0 Å². The summed E-state index contributed by atoms with van der Waals surface area (Å²) < 4.78 is 0. The summed E-state index contributed by atoms with van der Waals surface area (Å²) in [6.07, 6.45) is 6.29. The van der Waals surface area contributed by atoms with Crippen LogP contribution in [0.15, 0.2) is 0 Å². The van der Waals surface area contributed by atoms with Crippen LogP contribution in [0.3, 0.4) is 0 Å². The molecule has 84 valence electrons. The molecule has 0 aliphatic heterocycles. The Kier molecular flexibility index (Phi) is 8.64. The zero-order chi connectivity index (χ0) is 10.8. The topological polar surface area (TPSA) is 55.1 Å². The monoisotopic (exact) mass is 200 g/mol. The second-order valence-corrected chi connectivity index (χ2v) is 3.82. The zero-order valence-corrected chi connectivity index (χ0v) is 9.51. The fourth-order valence-corrected chi connectivity index (χ4v) is 1.51. The van der Waals surface area contributed by atoms with Crippen LogP contribution >= 0.6 is 0 Å². The van der Waals surface area contributed by atoms with Crippen LogP contribution in [0.1, 0.15) is 52.4 Å². The Morgan fingerprint density at radius 2 is 2.00 bits per heavy atom. The van der Waals surface area contributed by atoms with Crippen molar-refractivity contribution >= 4 is 5.91 Å². The molecule has 0 heterocycles. The Hall–Kier alpha value is -0.570. The molecule has 0 rings (SSSR count). The quantitative estimate of drug-likeness (QED) is 0.558. The largest absolute Gasteiger partial charge is 0.370 e. The lowest BCUT2D eigenvalue weighted by Crippen LogP contribution is -2.34. The van der Waals surface area contributed by atoms with E-state index in [-0.39, 0.29) is 5.91 Å². The summed E-state index contributed by atoms with van der Waals surface area (Å²) in [4.78, 5) is 10.8. The smallest absolute Gasteiger partial charge is 0.218 e. The lowest BCUT2D eigenvalue weighted by Gasteiger charge is -2.16. The molecule has 3 N–H and O–H groups in total. The number of hydrogen-bond acceptors (Lipinski definition) is 2. The molecular formula is C11H24N2O. The average Bonchev–Trinajstić information content (AvgIpc) is 2.13. The van der Waals surface area contributed by atoms with Gasteiger partial charge in [-0.1, -0.05) is 33.1 Å². The highest BCUT2D eigenvalue weighted by atomic mass is 16.1. The Bertz CT molecular complexity index is 148. The molecule has 0 aromatic carbocycles. The van der Waals surface area contributed by atoms with E-state index in [0.29, 0.717) is 12.5 Å². The zero-order valence-electron chi connectivity index (χ0n) is 9.51. The summed E-state index contributed by atoms with van der Waals surface area (Å²) in [6.45, 7) is 5.28. The van der Waals surface area contributed by atoms with Gasteiger partial charge in [0.05, 0.1) is 0 Å². The number of amides is 1. The van der Waals surface area contributed by atoms with E-state index in [0.717, 1.165) is 19.4 Å². The van der Waals surface area contributed by atoms with Crippen molar-refractivity contribution in [3.8, 4) is 0 Å². The molecule has 0 spiro atoms. The number of hydrogen-bond donors (Lipinski definition) is 2. The number of unbranched alkanes of at least 4 members (excludes halogenated alkanes) is 2. The third-order valence-corrected chi connectivity index (χ3v) is 2.29. The first-order chi connectivity index (χ1) is 6.70. The molecule has 14 heavy (non-hydrogen) atoms. The molecule has 1 atom stereocenters. The Morgan fingerprint density at radius 3 is 2.50 bits per heavy atom. The van der Waals surface area contributed by atoms with Crippen LogP contribution in [0.25, 0.3) is 0 Å². The molecule has 0 radical (unpaired) electrons. The minimum absolute atomic E-state index is 0.199. The minimum atomic E-state index is -0.199. The summed E-state index contributed by atoms with van der Waals surface area (Å²) in [7, 11) is 0. The van der Waals surface area contributed by atoms with Crippen molar-refractivity contribution in [1.82, 2.24) is 5.32 Å². The summed E-state index contributed by atoms with van der Waals surface area (Å²) in [6, 6.07) is 0.291. The molecule has 1 unspecified atom stereocenters. The van der Waals surface area contributed by atoms with Gasteiger partial charge in [-0.3, -0.25) is 4.79 Å². The van der Waals surface area contributed by atoms with Gasteiger partial charge in [0.15, 0.2) is 0 Å². The maximum Gasteiger partial charge on any atom is 0.218 e. The van der Waals surface area contributed by atoms with Crippen LogP contribution in [-0.2, 0) is 4.79 Å². The second-order valence-electron chi connectivity index (χ2n) is 3.82. The molecule has 0 aromatic heterocycles. The van der Waals surface area contributed by atoms with Crippen molar-refractivity contribution in [2.75, 3.05) is 6.54 Å². The van der Waals surface area contributed by atoms with E-state index in [1.165, 1.54) is 19.3 Å². The molecule has 0 bridgehead atoms. The molecule has 0 fully saturated rings. The van der Waals surface area contributed by atoms with Crippen LogP contribution in [0.4, 0.5) is 0 Å².